The van der Waals surface area contributed by atoms with Crippen LogP contribution in [0.1, 0.15) is 35.8 Å². The Balaban J connectivity index is 1.56. The number of benzene rings is 3. The van der Waals surface area contributed by atoms with Crippen molar-refractivity contribution in [1.29, 1.82) is 5.26 Å². The maximum absolute atomic E-state index is 10.9. The minimum atomic E-state index is -0.648. The summed E-state index contributed by atoms with van der Waals surface area (Å²) in [7, 11) is 0. The van der Waals surface area contributed by atoms with Crippen LogP contribution in [0.4, 0.5) is 5.69 Å². The number of nitriles is 1. The zero-order valence-corrected chi connectivity index (χ0v) is 20.5. The van der Waals surface area contributed by atoms with Gasteiger partial charge >= 0.3 is 0 Å². The third-order valence-corrected chi connectivity index (χ3v) is 6.74. The predicted octanol–water partition coefficient (Wildman–Crippen LogP) is 4.57. The minimum absolute atomic E-state index is 0.0197. The maximum atomic E-state index is 10.9. The second-order valence-electron chi connectivity index (χ2n) is 8.84. The Morgan fingerprint density at radius 2 is 1.71 bits per heavy atom. The van der Waals surface area contributed by atoms with Gasteiger partial charge in [0.2, 0.25) is 0 Å². The van der Waals surface area contributed by atoms with E-state index >= 15 is 0 Å². The molecule has 0 bridgehead atoms. The van der Waals surface area contributed by atoms with Crippen molar-refractivity contribution in [1.82, 2.24) is 4.90 Å². The largest absolute Gasteiger partial charge is 0.491 e. The zero-order chi connectivity index (χ0) is 24.8. The van der Waals surface area contributed by atoms with Gasteiger partial charge < -0.3 is 19.8 Å². The van der Waals surface area contributed by atoms with Gasteiger partial charge in [0, 0.05) is 36.4 Å². The lowest BCUT2D eigenvalue weighted by Gasteiger charge is -2.47. The minimum Gasteiger partial charge on any atom is -0.491 e. The number of β-amino-alcohol motifs (C(OH)–C–C–N with tert-alkyl or cyclic N) is 1. The van der Waals surface area contributed by atoms with E-state index < -0.39 is 6.10 Å². The molecule has 3 atom stereocenters. The third-order valence-electron chi connectivity index (χ3n) is 6.48. The highest BCUT2D eigenvalue weighted by atomic mass is 35.5. The number of hydrogen-bond donors (Lipinski definition) is 2. The zero-order valence-electron chi connectivity index (χ0n) is 19.7. The fraction of sp³-hybridized carbons (Fsp3) is 0.321. The van der Waals surface area contributed by atoms with Gasteiger partial charge in [0.25, 0.3) is 0 Å². The highest BCUT2D eigenvalue weighted by molar-refractivity contribution is 6.30. The molecule has 6 nitrogen and oxygen atoms in total. The van der Waals surface area contributed by atoms with Crippen LogP contribution in [-0.4, -0.2) is 54.0 Å². The summed E-state index contributed by atoms with van der Waals surface area (Å²) < 4.78 is 5.52. The molecule has 1 fully saturated rings. The van der Waals surface area contributed by atoms with E-state index in [0.717, 1.165) is 35.7 Å². The first-order chi connectivity index (χ1) is 17.0. The van der Waals surface area contributed by atoms with Crippen molar-refractivity contribution in [3.63, 3.8) is 0 Å². The summed E-state index contributed by atoms with van der Waals surface area (Å²) in [5.41, 5.74) is 3.62. The standard InChI is InChI=1S/C28H30ClN3O3/c1-20-17-32(25-10-12-26(13-11-25)35-15-14-33)27(22-6-8-24(29)9-7-22)18-31(20)19-28(34)23-4-2-21(16-30)3-5-23/h2-13,20,27-28,33-34H,14-15,17-19H2,1H3/t20-,27+,28?/m1/s1. The van der Waals surface area contributed by atoms with Crippen LogP contribution >= 0.6 is 11.6 Å². The number of rotatable bonds is 8. The first kappa shape index (κ1) is 25.0. The lowest BCUT2D eigenvalue weighted by Crippen LogP contribution is -2.54. The van der Waals surface area contributed by atoms with Gasteiger partial charge in [-0.15, -0.1) is 0 Å². The molecule has 7 heteroatoms. The molecule has 1 aliphatic rings. The number of anilines is 1. The molecule has 0 aliphatic carbocycles. The number of aliphatic hydroxyl groups excluding tert-OH is 2. The molecule has 1 saturated heterocycles. The Hall–Kier alpha value is -3.08. The van der Waals surface area contributed by atoms with E-state index in [1.54, 1.807) is 12.1 Å². The Morgan fingerprint density at radius 3 is 2.34 bits per heavy atom. The van der Waals surface area contributed by atoms with E-state index in [1.165, 1.54) is 0 Å². The lowest BCUT2D eigenvalue weighted by molar-refractivity contribution is 0.0740. The first-order valence-electron chi connectivity index (χ1n) is 11.8. The second kappa shape index (κ2) is 11.6. The van der Waals surface area contributed by atoms with E-state index in [-0.39, 0.29) is 25.3 Å². The van der Waals surface area contributed by atoms with Gasteiger partial charge in [0.05, 0.1) is 30.4 Å². The third kappa shape index (κ3) is 6.14. The van der Waals surface area contributed by atoms with E-state index in [4.69, 9.17) is 26.7 Å². The molecule has 182 valence electrons. The first-order valence-corrected chi connectivity index (χ1v) is 12.1. The van der Waals surface area contributed by atoms with Gasteiger partial charge in [0.1, 0.15) is 12.4 Å². The van der Waals surface area contributed by atoms with Crippen LogP contribution in [0.2, 0.25) is 5.02 Å². The number of hydrogen-bond acceptors (Lipinski definition) is 6. The summed E-state index contributed by atoms with van der Waals surface area (Å²) in [5.74, 6) is 0.725. The predicted molar refractivity (Wildman–Crippen MR) is 138 cm³/mol. The van der Waals surface area contributed by atoms with Crippen molar-refractivity contribution in [2.45, 2.75) is 25.1 Å². The molecular weight excluding hydrogens is 462 g/mol. The van der Waals surface area contributed by atoms with E-state index in [9.17, 15) is 5.11 Å². The van der Waals surface area contributed by atoms with Gasteiger partial charge in [-0.2, -0.15) is 5.26 Å². The van der Waals surface area contributed by atoms with Crippen LogP contribution in [0.25, 0.3) is 0 Å². The Labute approximate surface area is 211 Å². The molecule has 4 rings (SSSR count). The van der Waals surface area contributed by atoms with Crippen LogP contribution in [-0.2, 0) is 0 Å². The Morgan fingerprint density at radius 1 is 1.03 bits per heavy atom. The maximum Gasteiger partial charge on any atom is 0.119 e. The molecule has 1 heterocycles. The molecule has 1 unspecified atom stereocenters. The smallest absolute Gasteiger partial charge is 0.119 e. The number of nitrogens with zero attached hydrogens (tertiary/aromatic N) is 3. The van der Waals surface area contributed by atoms with Crippen molar-refractivity contribution < 1.29 is 14.9 Å². The number of piperazine rings is 1. The van der Waals surface area contributed by atoms with Crippen molar-refractivity contribution in [3.05, 3.63) is 94.5 Å². The molecule has 0 saturated carbocycles. The van der Waals surface area contributed by atoms with Gasteiger partial charge in [-0.1, -0.05) is 35.9 Å². The van der Waals surface area contributed by atoms with Crippen molar-refractivity contribution in [2.75, 3.05) is 37.7 Å². The summed E-state index contributed by atoms with van der Waals surface area (Å²) in [4.78, 5) is 4.70. The lowest BCUT2D eigenvalue weighted by atomic mass is 9.97. The quantitative estimate of drug-likeness (QED) is 0.480. The topological polar surface area (TPSA) is 80.0 Å². The molecule has 0 amide bonds. The Kier molecular flexibility index (Phi) is 8.27. The number of halogens is 1. The summed E-state index contributed by atoms with van der Waals surface area (Å²) in [5, 5.41) is 29.7. The molecule has 0 radical (unpaired) electrons. The van der Waals surface area contributed by atoms with E-state index in [1.807, 2.05) is 48.5 Å². The van der Waals surface area contributed by atoms with Crippen LogP contribution in [0, 0.1) is 11.3 Å². The summed E-state index contributed by atoms with van der Waals surface area (Å²) >= 11 is 6.16. The van der Waals surface area contributed by atoms with Gasteiger partial charge in [0.15, 0.2) is 0 Å². The Bertz CT molecular complexity index is 1130. The second-order valence-corrected chi connectivity index (χ2v) is 9.27. The van der Waals surface area contributed by atoms with Crippen molar-refractivity contribution in [2.24, 2.45) is 0 Å². The van der Waals surface area contributed by atoms with Gasteiger partial charge in [-0.25, -0.2) is 0 Å². The fourth-order valence-electron chi connectivity index (χ4n) is 4.54. The highest BCUT2D eigenvalue weighted by Crippen LogP contribution is 2.35. The fourth-order valence-corrected chi connectivity index (χ4v) is 4.67. The SMILES string of the molecule is C[C@@H]1CN(c2ccc(OCCO)cc2)[C@H](c2ccc(Cl)cc2)CN1CC(O)c1ccc(C#N)cc1. The summed E-state index contributed by atoms with van der Waals surface area (Å²) in [6, 6.07) is 25.4. The van der Waals surface area contributed by atoms with Crippen LogP contribution < -0.4 is 9.64 Å². The molecular formula is C28H30ClN3O3. The normalized spacial score (nSPS) is 19.2. The van der Waals surface area contributed by atoms with Gasteiger partial charge in [-0.05, 0) is 66.6 Å². The number of aliphatic hydroxyl groups is 2. The molecule has 35 heavy (non-hydrogen) atoms. The van der Waals surface area contributed by atoms with E-state index in [0.29, 0.717) is 17.1 Å². The van der Waals surface area contributed by atoms with Crippen molar-refractivity contribution >= 4 is 17.3 Å². The molecule has 1 aliphatic heterocycles. The van der Waals surface area contributed by atoms with Crippen LogP contribution in [0.15, 0.2) is 72.8 Å². The molecule has 3 aromatic carbocycles. The molecule has 2 N–H and O–H groups in total. The summed E-state index contributed by atoms with van der Waals surface area (Å²) in [6.07, 6.45) is -0.648. The highest BCUT2D eigenvalue weighted by Gasteiger charge is 2.33. The number of ether oxygens (including phenoxy) is 1. The molecule has 3 aromatic rings. The van der Waals surface area contributed by atoms with Crippen LogP contribution in [0.3, 0.4) is 0 Å². The monoisotopic (exact) mass is 491 g/mol. The summed E-state index contributed by atoms with van der Waals surface area (Å²) in [6.45, 7) is 4.44. The average Bonchev–Trinajstić information content (AvgIpc) is 2.89. The van der Waals surface area contributed by atoms with Crippen LogP contribution in [0.5, 0.6) is 5.75 Å². The molecule has 0 spiro atoms. The van der Waals surface area contributed by atoms with E-state index in [2.05, 4.69) is 34.9 Å². The van der Waals surface area contributed by atoms with Gasteiger partial charge in [-0.3, -0.25) is 4.90 Å². The average molecular weight is 492 g/mol. The van der Waals surface area contributed by atoms with Crippen molar-refractivity contribution in [3.8, 4) is 11.8 Å². The molecule has 0 aromatic heterocycles.